The molecule has 1 aliphatic rings. The number of nitrogens with one attached hydrogen (secondary N) is 2. The van der Waals surface area contributed by atoms with Gasteiger partial charge < -0.3 is 15.8 Å². The van der Waals surface area contributed by atoms with Crippen LogP contribution in [0.3, 0.4) is 0 Å². The molecular formula is C13H27N3O4S. The summed E-state index contributed by atoms with van der Waals surface area (Å²) in [7, 11) is -3.18. The van der Waals surface area contributed by atoms with Gasteiger partial charge in [-0.15, -0.1) is 0 Å². The Morgan fingerprint density at radius 1 is 1.38 bits per heavy atom. The molecule has 1 saturated carbocycles. The molecule has 21 heavy (non-hydrogen) atoms. The van der Waals surface area contributed by atoms with Crippen molar-refractivity contribution >= 4 is 15.9 Å². The predicted octanol–water partition coefficient (Wildman–Crippen LogP) is -0.426. The summed E-state index contributed by atoms with van der Waals surface area (Å²) in [5, 5.41) is 2.78. The van der Waals surface area contributed by atoms with Crippen LogP contribution in [0.15, 0.2) is 0 Å². The first-order valence-electron chi connectivity index (χ1n) is 7.18. The van der Waals surface area contributed by atoms with E-state index in [-0.39, 0.29) is 12.0 Å². The van der Waals surface area contributed by atoms with Gasteiger partial charge in [0.2, 0.25) is 15.9 Å². The number of ether oxygens (including phenoxy) is 1. The first kappa shape index (κ1) is 18.3. The molecule has 0 radical (unpaired) electrons. The van der Waals surface area contributed by atoms with Crippen molar-refractivity contribution in [2.24, 2.45) is 11.1 Å². The van der Waals surface area contributed by atoms with E-state index in [1.54, 1.807) is 0 Å². The normalized spacial score (nSPS) is 28.0. The van der Waals surface area contributed by atoms with Gasteiger partial charge in [-0.2, -0.15) is 0 Å². The topological polar surface area (TPSA) is 111 Å². The minimum atomic E-state index is -3.18. The minimum absolute atomic E-state index is 0.00912. The summed E-state index contributed by atoms with van der Waals surface area (Å²) in [6, 6.07) is 0. The van der Waals surface area contributed by atoms with Gasteiger partial charge in [-0.1, -0.05) is 13.8 Å². The molecule has 0 aromatic rings. The maximum absolute atomic E-state index is 12.2. The van der Waals surface area contributed by atoms with Gasteiger partial charge in [-0.25, -0.2) is 13.1 Å². The smallest absolute Gasteiger partial charge is 0.240 e. The van der Waals surface area contributed by atoms with E-state index in [0.717, 1.165) is 6.26 Å². The van der Waals surface area contributed by atoms with E-state index in [9.17, 15) is 13.2 Å². The number of sulfonamides is 1. The summed E-state index contributed by atoms with van der Waals surface area (Å²) in [6.07, 6.45) is 2.11. The number of amides is 1. The lowest BCUT2D eigenvalue weighted by atomic mass is 9.54. The SMILES string of the molecule is CCOC1CC(N)(C(=O)NCCCNS(C)(=O)=O)C1(C)C. The molecule has 7 nitrogen and oxygen atoms in total. The number of hydrogen-bond donors (Lipinski definition) is 3. The number of carbonyl (C=O) groups is 1. The average Bonchev–Trinajstić information content (AvgIpc) is 2.36. The highest BCUT2D eigenvalue weighted by atomic mass is 32.2. The Labute approximate surface area is 127 Å². The van der Waals surface area contributed by atoms with Crippen molar-refractivity contribution in [3.05, 3.63) is 0 Å². The molecule has 0 aromatic heterocycles. The van der Waals surface area contributed by atoms with Crippen molar-refractivity contribution in [2.75, 3.05) is 26.0 Å². The summed E-state index contributed by atoms with van der Waals surface area (Å²) in [6.45, 7) is 7.06. The van der Waals surface area contributed by atoms with E-state index >= 15 is 0 Å². The van der Waals surface area contributed by atoms with Gasteiger partial charge in [0, 0.05) is 31.5 Å². The van der Waals surface area contributed by atoms with Gasteiger partial charge in [0.15, 0.2) is 0 Å². The van der Waals surface area contributed by atoms with Crippen LogP contribution in [0.5, 0.6) is 0 Å². The van der Waals surface area contributed by atoms with E-state index in [2.05, 4.69) is 10.0 Å². The van der Waals surface area contributed by atoms with Gasteiger partial charge in [-0.05, 0) is 13.3 Å². The monoisotopic (exact) mass is 321 g/mol. The zero-order valence-corrected chi connectivity index (χ0v) is 14.0. The van der Waals surface area contributed by atoms with Gasteiger partial charge in [0.1, 0.15) is 5.54 Å². The molecule has 4 N–H and O–H groups in total. The van der Waals surface area contributed by atoms with Crippen LogP contribution in [0.1, 0.15) is 33.6 Å². The standard InChI is InChI=1S/C13H27N3O4S/c1-5-20-10-9-13(14,12(10,2)3)11(17)15-7-6-8-16-21(4,18)19/h10,16H,5-9,14H2,1-4H3,(H,15,17). The molecule has 1 fully saturated rings. The molecule has 1 amide bonds. The maximum Gasteiger partial charge on any atom is 0.240 e. The highest BCUT2D eigenvalue weighted by Crippen LogP contribution is 2.49. The molecular weight excluding hydrogens is 294 g/mol. The third-order valence-electron chi connectivity index (χ3n) is 4.24. The van der Waals surface area contributed by atoms with Crippen molar-refractivity contribution in [1.82, 2.24) is 10.0 Å². The van der Waals surface area contributed by atoms with Crippen LogP contribution in [0.4, 0.5) is 0 Å². The predicted molar refractivity (Wildman–Crippen MR) is 81.2 cm³/mol. The maximum atomic E-state index is 12.2. The van der Waals surface area contributed by atoms with Crippen molar-refractivity contribution in [1.29, 1.82) is 0 Å². The van der Waals surface area contributed by atoms with Gasteiger partial charge in [0.05, 0.1) is 12.4 Å². The fourth-order valence-corrected chi connectivity index (χ4v) is 3.04. The highest BCUT2D eigenvalue weighted by Gasteiger charge is 2.62. The molecule has 1 rings (SSSR count). The fraction of sp³-hybridized carbons (Fsp3) is 0.923. The van der Waals surface area contributed by atoms with Gasteiger partial charge >= 0.3 is 0 Å². The van der Waals surface area contributed by atoms with Crippen molar-refractivity contribution in [2.45, 2.75) is 45.3 Å². The van der Waals surface area contributed by atoms with Crippen LogP contribution < -0.4 is 15.8 Å². The largest absolute Gasteiger partial charge is 0.378 e. The van der Waals surface area contributed by atoms with Crippen LogP contribution in [-0.4, -0.2) is 51.9 Å². The summed E-state index contributed by atoms with van der Waals surface area (Å²) in [4.78, 5) is 12.2. The van der Waals surface area contributed by atoms with E-state index in [4.69, 9.17) is 10.5 Å². The highest BCUT2D eigenvalue weighted by molar-refractivity contribution is 7.88. The van der Waals surface area contributed by atoms with Gasteiger partial charge in [-0.3, -0.25) is 4.79 Å². The minimum Gasteiger partial charge on any atom is -0.378 e. The van der Waals surface area contributed by atoms with Crippen LogP contribution in [-0.2, 0) is 19.6 Å². The lowest BCUT2D eigenvalue weighted by molar-refractivity contribution is -0.170. The van der Waals surface area contributed by atoms with Crippen LogP contribution >= 0.6 is 0 Å². The van der Waals surface area contributed by atoms with Crippen LogP contribution in [0, 0.1) is 5.41 Å². The van der Waals surface area contributed by atoms with Gasteiger partial charge in [0.25, 0.3) is 0 Å². The molecule has 1 aliphatic carbocycles. The Balaban J connectivity index is 2.39. The molecule has 2 unspecified atom stereocenters. The third-order valence-corrected chi connectivity index (χ3v) is 4.97. The second-order valence-corrected chi connectivity index (χ2v) is 7.95. The fourth-order valence-electron chi connectivity index (χ4n) is 2.53. The molecule has 0 spiro atoms. The van der Waals surface area contributed by atoms with Crippen LogP contribution in [0.25, 0.3) is 0 Å². The molecule has 0 bridgehead atoms. The molecule has 0 saturated heterocycles. The van der Waals surface area contributed by atoms with Crippen molar-refractivity contribution in [3.8, 4) is 0 Å². The second kappa shape index (κ2) is 6.60. The number of carbonyl (C=O) groups excluding carboxylic acids is 1. The summed E-state index contributed by atoms with van der Waals surface area (Å²) in [5.41, 5.74) is 4.87. The van der Waals surface area contributed by atoms with E-state index < -0.39 is 21.0 Å². The number of hydrogen-bond acceptors (Lipinski definition) is 5. The van der Waals surface area contributed by atoms with E-state index in [1.165, 1.54) is 0 Å². The first-order valence-corrected chi connectivity index (χ1v) is 9.07. The molecule has 0 heterocycles. The average molecular weight is 321 g/mol. The third kappa shape index (κ3) is 4.15. The Morgan fingerprint density at radius 2 is 2.00 bits per heavy atom. The van der Waals surface area contributed by atoms with Crippen molar-refractivity contribution in [3.63, 3.8) is 0 Å². The zero-order valence-electron chi connectivity index (χ0n) is 13.2. The second-order valence-electron chi connectivity index (χ2n) is 6.12. The summed E-state index contributed by atoms with van der Waals surface area (Å²) < 4.78 is 29.7. The van der Waals surface area contributed by atoms with Crippen LogP contribution in [0.2, 0.25) is 0 Å². The molecule has 124 valence electrons. The van der Waals surface area contributed by atoms with E-state index in [0.29, 0.717) is 32.5 Å². The molecule has 0 aliphatic heterocycles. The quantitative estimate of drug-likeness (QED) is 0.526. The summed E-state index contributed by atoms with van der Waals surface area (Å²) >= 11 is 0. The molecule has 2 atom stereocenters. The Kier molecular flexibility index (Phi) is 5.76. The first-order chi connectivity index (χ1) is 9.54. The Hall–Kier alpha value is -0.700. The lowest BCUT2D eigenvalue weighted by Crippen LogP contribution is -2.75. The molecule has 8 heteroatoms. The Bertz CT molecular complexity index is 478. The van der Waals surface area contributed by atoms with E-state index in [1.807, 2.05) is 20.8 Å². The zero-order chi connectivity index (χ0) is 16.3. The number of nitrogens with two attached hydrogens (primary N) is 1. The lowest BCUT2D eigenvalue weighted by Gasteiger charge is -2.57. The summed E-state index contributed by atoms with van der Waals surface area (Å²) in [5.74, 6) is -0.206. The van der Waals surface area contributed by atoms with Crippen molar-refractivity contribution < 1.29 is 17.9 Å². The Morgan fingerprint density at radius 3 is 2.48 bits per heavy atom. The molecule has 0 aromatic carbocycles. The number of rotatable bonds is 8.